The molecule has 0 aliphatic carbocycles. The molecule has 0 N–H and O–H groups in total. The fourth-order valence-electron chi connectivity index (χ4n) is 2.21. The Balaban J connectivity index is 2.02. The second-order valence-corrected chi connectivity index (χ2v) is 5.80. The van der Waals surface area contributed by atoms with Gasteiger partial charge in [0.2, 0.25) is 0 Å². The van der Waals surface area contributed by atoms with E-state index in [9.17, 15) is 4.79 Å². The normalized spacial score (nSPS) is 11.3. The molecule has 0 aliphatic rings. The number of benzene rings is 2. The molecule has 6 heteroatoms. The number of carbonyl (C=O) groups excluding carboxylic acids is 1. The number of aromatic nitrogens is 1. The van der Waals surface area contributed by atoms with Crippen LogP contribution in [0, 0.1) is 0 Å². The van der Waals surface area contributed by atoms with E-state index in [1.54, 1.807) is 18.2 Å². The Morgan fingerprint density at radius 3 is 2.54 bits per heavy atom. The molecule has 0 aliphatic heterocycles. The Labute approximate surface area is 143 Å². The quantitative estimate of drug-likeness (QED) is 0.532. The predicted molar refractivity (Wildman–Crippen MR) is 93.4 cm³/mol. The molecule has 0 saturated carbocycles. The fraction of sp³-hybridized carbons (Fsp3) is 0.111. The maximum Gasteiger partial charge on any atom is 0.513 e. The summed E-state index contributed by atoms with van der Waals surface area (Å²) in [5.74, 6) is 0.360. The van der Waals surface area contributed by atoms with E-state index in [0.29, 0.717) is 11.4 Å². The third-order valence-corrected chi connectivity index (χ3v) is 4.35. The summed E-state index contributed by atoms with van der Waals surface area (Å²) in [7, 11) is 3.23. The van der Waals surface area contributed by atoms with Crippen molar-refractivity contribution in [2.45, 2.75) is 0 Å². The van der Waals surface area contributed by atoms with Gasteiger partial charge in [-0.25, -0.2) is 9.79 Å². The van der Waals surface area contributed by atoms with E-state index >= 15 is 0 Å². The topological polar surface area (TPSA) is 52.8 Å². The SMILES string of the molecule is COC(=O)Oc1ccccc1N=c1scc(-c2ccccc2)n1C. The van der Waals surface area contributed by atoms with E-state index in [4.69, 9.17) is 4.74 Å². The standard InChI is InChI=1S/C18H16N2O3S/c1-20-15(13-8-4-3-5-9-13)12-24-17(20)19-14-10-6-7-11-16(14)23-18(21)22-2/h3-12H,1-2H3. The van der Waals surface area contributed by atoms with Crippen LogP contribution >= 0.6 is 11.3 Å². The lowest BCUT2D eigenvalue weighted by molar-refractivity contribution is 0.121. The van der Waals surface area contributed by atoms with Gasteiger partial charge >= 0.3 is 6.16 Å². The largest absolute Gasteiger partial charge is 0.513 e. The molecule has 1 heterocycles. The van der Waals surface area contributed by atoms with Gasteiger partial charge in [0.05, 0.1) is 12.8 Å². The van der Waals surface area contributed by atoms with Gasteiger partial charge < -0.3 is 14.0 Å². The van der Waals surface area contributed by atoms with Crippen molar-refractivity contribution in [2.75, 3.05) is 7.11 Å². The number of hydrogen-bond acceptors (Lipinski definition) is 5. The second-order valence-electron chi connectivity index (χ2n) is 4.96. The monoisotopic (exact) mass is 340 g/mol. The first kappa shape index (κ1) is 16.0. The smallest absolute Gasteiger partial charge is 0.437 e. The first-order valence-corrected chi connectivity index (χ1v) is 8.16. The number of para-hydroxylation sites is 2. The summed E-state index contributed by atoms with van der Waals surface area (Å²) in [5, 5.41) is 2.05. The zero-order valence-corrected chi connectivity index (χ0v) is 14.1. The van der Waals surface area contributed by atoms with Crippen molar-refractivity contribution in [3.05, 3.63) is 64.8 Å². The molecule has 3 aromatic rings. The molecule has 0 unspecified atom stereocenters. The van der Waals surface area contributed by atoms with Crippen molar-refractivity contribution >= 4 is 23.2 Å². The Hall–Kier alpha value is -2.86. The van der Waals surface area contributed by atoms with Crippen molar-refractivity contribution in [3.8, 4) is 17.0 Å². The molecule has 0 bridgehead atoms. The van der Waals surface area contributed by atoms with Crippen LogP contribution in [0.25, 0.3) is 11.3 Å². The molecule has 5 nitrogen and oxygen atoms in total. The van der Waals surface area contributed by atoms with Crippen molar-refractivity contribution in [3.63, 3.8) is 0 Å². The average Bonchev–Trinajstić information content (AvgIpc) is 2.98. The van der Waals surface area contributed by atoms with Gasteiger partial charge in [-0.3, -0.25) is 0 Å². The number of rotatable bonds is 3. The third-order valence-electron chi connectivity index (χ3n) is 3.44. The highest BCUT2D eigenvalue weighted by Crippen LogP contribution is 2.27. The lowest BCUT2D eigenvalue weighted by atomic mass is 10.2. The first-order valence-electron chi connectivity index (χ1n) is 7.28. The molecule has 0 amide bonds. The molecule has 0 atom stereocenters. The minimum Gasteiger partial charge on any atom is -0.437 e. The number of ether oxygens (including phenoxy) is 2. The Morgan fingerprint density at radius 1 is 1.08 bits per heavy atom. The summed E-state index contributed by atoms with van der Waals surface area (Å²) in [6.07, 6.45) is -0.766. The van der Waals surface area contributed by atoms with Gasteiger partial charge in [-0.1, -0.05) is 42.5 Å². The maximum absolute atomic E-state index is 11.4. The van der Waals surface area contributed by atoms with Crippen LogP contribution in [0.15, 0.2) is 65.0 Å². The molecule has 0 radical (unpaired) electrons. The average molecular weight is 340 g/mol. The highest BCUT2D eigenvalue weighted by molar-refractivity contribution is 7.07. The summed E-state index contributed by atoms with van der Waals surface area (Å²) >= 11 is 1.52. The number of carbonyl (C=O) groups is 1. The first-order chi connectivity index (χ1) is 11.7. The van der Waals surface area contributed by atoms with Gasteiger partial charge in [0.25, 0.3) is 0 Å². The van der Waals surface area contributed by atoms with Crippen LogP contribution in [0.3, 0.4) is 0 Å². The maximum atomic E-state index is 11.4. The lowest BCUT2D eigenvalue weighted by Gasteiger charge is -2.05. The van der Waals surface area contributed by atoms with E-state index < -0.39 is 6.16 Å². The molecule has 3 rings (SSSR count). The van der Waals surface area contributed by atoms with E-state index in [2.05, 4.69) is 27.2 Å². The molecule has 0 saturated heterocycles. The fourth-order valence-corrected chi connectivity index (χ4v) is 3.13. The van der Waals surface area contributed by atoms with Crippen LogP contribution in [-0.2, 0) is 11.8 Å². The van der Waals surface area contributed by atoms with Crippen LogP contribution < -0.4 is 9.54 Å². The molecule has 0 fully saturated rings. The zero-order chi connectivity index (χ0) is 16.9. The Bertz CT molecular complexity index is 913. The molecular weight excluding hydrogens is 324 g/mol. The zero-order valence-electron chi connectivity index (χ0n) is 13.3. The van der Waals surface area contributed by atoms with Gasteiger partial charge in [0, 0.05) is 12.4 Å². The summed E-state index contributed by atoms with van der Waals surface area (Å²) in [6, 6.07) is 17.2. The van der Waals surface area contributed by atoms with Gasteiger partial charge in [0.15, 0.2) is 10.6 Å². The predicted octanol–water partition coefficient (Wildman–Crippen LogP) is 4.13. The van der Waals surface area contributed by atoms with Crippen molar-refractivity contribution in [1.29, 1.82) is 0 Å². The molecule has 2 aromatic carbocycles. The van der Waals surface area contributed by atoms with Crippen LogP contribution in [0.5, 0.6) is 5.75 Å². The summed E-state index contributed by atoms with van der Waals surface area (Å²) in [4.78, 5) is 16.8. The highest BCUT2D eigenvalue weighted by Gasteiger charge is 2.09. The molecular formula is C18H16N2O3S. The van der Waals surface area contributed by atoms with Gasteiger partial charge in [-0.05, 0) is 17.7 Å². The van der Waals surface area contributed by atoms with Gasteiger partial charge in [-0.15, -0.1) is 11.3 Å². The Kier molecular flexibility index (Phi) is 4.77. The third kappa shape index (κ3) is 3.38. The minimum absolute atomic E-state index is 0.360. The van der Waals surface area contributed by atoms with Crippen LogP contribution in [0.4, 0.5) is 10.5 Å². The summed E-state index contributed by atoms with van der Waals surface area (Å²) in [6.45, 7) is 0. The number of thiazole rings is 1. The summed E-state index contributed by atoms with van der Waals surface area (Å²) < 4.78 is 11.7. The van der Waals surface area contributed by atoms with Crippen molar-refractivity contribution < 1.29 is 14.3 Å². The molecule has 0 spiro atoms. The van der Waals surface area contributed by atoms with Crippen LogP contribution in [0.1, 0.15) is 0 Å². The summed E-state index contributed by atoms with van der Waals surface area (Å²) in [5.41, 5.74) is 2.77. The van der Waals surface area contributed by atoms with Gasteiger partial charge in [0.1, 0.15) is 5.69 Å². The van der Waals surface area contributed by atoms with E-state index in [1.165, 1.54) is 18.4 Å². The van der Waals surface area contributed by atoms with E-state index in [1.807, 2.05) is 35.9 Å². The number of methoxy groups -OCH3 is 1. The minimum atomic E-state index is -0.766. The molecule has 122 valence electrons. The number of hydrogen-bond donors (Lipinski definition) is 0. The van der Waals surface area contributed by atoms with E-state index in [0.717, 1.165) is 16.1 Å². The molecule has 24 heavy (non-hydrogen) atoms. The highest BCUT2D eigenvalue weighted by atomic mass is 32.1. The Morgan fingerprint density at radius 2 is 1.79 bits per heavy atom. The van der Waals surface area contributed by atoms with Gasteiger partial charge in [-0.2, -0.15) is 0 Å². The molecule has 1 aromatic heterocycles. The van der Waals surface area contributed by atoms with Crippen LogP contribution in [0.2, 0.25) is 0 Å². The van der Waals surface area contributed by atoms with Crippen molar-refractivity contribution in [2.24, 2.45) is 12.0 Å². The second kappa shape index (κ2) is 7.14. The van der Waals surface area contributed by atoms with E-state index in [-0.39, 0.29) is 0 Å². The van der Waals surface area contributed by atoms with Crippen LogP contribution in [-0.4, -0.2) is 17.8 Å². The van der Waals surface area contributed by atoms with Crippen molar-refractivity contribution in [1.82, 2.24) is 4.57 Å². The number of nitrogens with zero attached hydrogens (tertiary/aromatic N) is 2. The lowest BCUT2D eigenvalue weighted by Crippen LogP contribution is -2.11.